The minimum Gasteiger partial charge on any atom is -0.496 e. The van der Waals surface area contributed by atoms with Gasteiger partial charge in [-0.3, -0.25) is 4.79 Å². The van der Waals surface area contributed by atoms with Crippen LogP contribution in [0.15, 0.2) is 11.4 Å². The van der Waals surface area contributed by atoms with Crippen molar-refractivity contribution in [1.82, 2.24) is 5.32 Å². The van der Waals surface area contributed by atoms with Crippen molar-refractivity contribution in [2.24, 2.45) is 0 Å². The molecule has 3 nitrogen and oxygen atoms in total. The number of rotatable bonds is 4. The van der Waals surface area contributed by atoms with Crippen LogP contribution in [0.4, 0.5) is 0 Å². The Labute approximate surface area is 92.0 Å². The summed E-state index contributed by atoms with van der Waals surface area (Å²) in [5.74, 6) is 0.602. The molecule has 0 saturated heterocycles. The van der Waals surface area contributed by atoms with Gasteiger partial charge in [-0.2, -0.15) is 0 Å². The van der Waals surface area contributed by atoms with Gasteiger partial charge in [-0.1, -0.05) is 0 Å². The summed E-state index contributed by atoms with van der Waals surface area (Å²) >= 11 is 7.06. The van der Waals surface area contributed by atoms with E-state index in [4.69, 9.17) is 16.3 Å². The molecule has 1 aromatic heterocycles. The lowest BCUT2D eigenvalue weighted by Gasteiger charge is -2.03. The molecular weight excluding hydrogens is 222 g/mol. The van der Waals surface area contributed by atoms with Crippen LogP contribution in [0.25, 0.3) is 0 Å². The lowest BCUT2D eigenvalue weighted by atomic mass is 10.4. The third-order valence-electron chi connectivity index (χ3n) is 1.58. The lowest BCUT2D eigenvalue weighted by Crippen LogP contribution is -2.27. The van der Waals surface area contributed by atoms with Crippen LogP contribution in [0.3, 0.4) is 0 Å². The molecule has 0 spiro atoms. The molecule has 1 unspecified atom stereocenters. The van der Waals surface area contributed by atoms with E-state index in [1.807, 2.05) is 6.92 Å². The van der Waals surface area contributed by atoms with E-state index in [1.165, 1.54) is 11.3 Å². The normalized spacial score (nSPS) is 12.2. The molecule has 0 fully saturated rings. The molecule has 1 N–H and O–H groups in total. The number of hydrogen-bond donors (Lipinski definition) is 1. The highest BCUT2D eigenvalue weighted by atomic mass is 35.5. The largest absolute Gasteiger partial charge is 0.496 e. The summed E-state index contributed by atoms with van der Waals surface area (Å²) < 4.78 is 4.97. The first-order chi connectivity index (χ1) is 6.63. The fourth-order valence-electron chi connectivity index (χ4n) is 0.865. The molecule has 0 saturated carbocycles. The zero-order valence-corrected chi connectivity index (χ0v) is 9.61. The van der Waals surface area contributed by atoms with Gasteiger partial charge in [0, 0.05) is 23.4 Å². The first-order valence-electron chi connectivity index (χ1n) is 4.18. The number of thiophene rings is 1. The maximum atomic E-state index is 11.5. The highest BCUT2D eigenvalue weighted by Crippen LogP contribution is 2.20. The van der Waals surface area contributed by atoms with E-state index >= 15 is 0 Å². The SMILES string of the molecule is COc1csc(C(=O)NCC(C)Cl)c1. The van der Waals surface area contributed by atoms with Gasteiger partial charge < -0.3 is 10.1 Å². The Morgan fingerprint density at radius 1 is 1.79 bits per heavy atom. The molecule has 0 aliphatic rings. The van der Waals surface area contributed by atoms with Gasteiger partial charge in [0.25, 0.3) is 5.91 Å². The maximum absolute atomic E-state index is 11.5. The Hall–Kier alpha value is -0.740. The molecule has 0 aromatic carbocycles. The Balaban J connectivity index is 2.52. The number of halogens is 1. The molecule has 1 amide bonds. The van der Waals surface area contributed by atoms with Gasteiger partial charge in [0.2, 0.25) is 0 Å². The summed E-state index contributed by atoms with van der Waals surface area (Å²) in [5, 5.41) is 4.46. The summed E-state index contributed by atoms with van der Waals surface area (Å²) in [7, 11) is 1.57. The number of amides is 1. The minimum atomic E-state index is -0.106. The molecule has 78 valence electrons. The van der Waals surface area contributed by atoms with Crippen LogP contribution >= 0.6 is 22.9 Å². The Morgan fingerprint density at radius 2 is 2.50 bits per heavy atom. The van der Waals surface area contributed by atoms with Crippen LogP contribution in [0, 0.1) is 0 Å². The predicted octanol–water partition coefficient (Wildman–Crippen LogP) is 2.11. The molecule has 1 rings (SSSR count). The van der Waals surface area contributed by atoms with Crippen molar-refractivity contribution in [3.63, 3.8) is 0 Å². The van der Waals surface area contributed by atoms with Crippen molar-refractivity contribution in [3.05, 3.63) is 16.3 Å². The second-order valence-electron chi connectivity index (χ2n) is 2.84. The molecular formula is C9H12ClNO2S. The Bertz CT molecular complexity index is 312. The van der Waals surface area contributed by atoms with Gasteiger partial charge >= 0.3 is 0 Å². The second kappa shape index (κ2) is 5.22. The molecule has 1 aromatic rings. The van der Waals surface area contributed by atoms with Crippen molar-refractivity contribution in [2.75, 3.05) is 13.7 Å². The smallest absolute Gasteiger partial charge is 0.261 e. The molecule has 5 heteroatoms. The van der Waals surface area contributed by atoms with E-state index in [2.05, 4.69) is 5.32 Å². The van der Waals surface area contributed by atoms with E-state index in [-0.39, 0.29) is 11.3 Å². The van der Waals surface area contributed by atoms with E-state index in [9.17, 15) is 4.79 Å². The van der Waals surface area contributed by atoms with Crippen LogP contribution in [0.5, 0.6) is 5.75 Å². The fourth-order valence-corrected chi connectivity index (χ4v) is 1.71. The topological polar surface area (TPSA) is 38.3 Å². The summed E-state index contributed by atoms with van der Waals surface area (Å²) in [6, 6.07) is 1.71. The summed E-state index contributed by atoms with van der Waals surface area (Å²) in [5.41, 5.74) is 0. The Morgan fingerprint density at radius 3 is 3.00 bits per heavy atom. The van der Waals surface area contributed by atoms with Crippen LogP contribution in [0.2, 0.25) is 0 Å². The number of alkyl halides is 1. The first-order valence-corrected chi connectivity index (χ1v) is 5.50. The van der Waals surface area contributed by atoms with Crippen molar-refractivity contribution < 1.29 is 9.53 Å². The first kappa shape index (κ1) is 11.3. The highest BCUT2D eigenvalue weighted by Gasteiger charge is 2.09. The molecule has 1 atom stereocenters. The summed E-state index contributed by atoms with van der Waals surface area (Å²) in [4.78, 5) is 12.1. The number of hydrogen-bond acceptors (Lipinski definition) is 3. The second-order valence-corrected chi connectivity index (χ2v) is 4.50. The number of carbonyl (C=O) groups excluding carboxylic acids is 1. The van der Waals surface area contributed by atoms with Gasteiger partial charge in [-0.15, -0.1) is 22.9 Å². The quantitative estimate of drug-likeness (QED) is 0.809. The highest BCUT2D eigenvalue weighted by molar-refractivity contribution is 7.12. The van der Waals surface area contributed by atoms with E-state index in [0.29, 0.717) is 17.2 Å². The number of carbonyl (C=O) groups is 1. The zero-order chi connectivity index (χ0) is 10.6. The minimum absolute atomic E-state index is 0.0548. The number of ether oxygens (including phenoxy) is 1. The van der Waals surface area contributed by atoms with E-state index in [0.717, 1.165) is 0 Å². The van der Waals surface area contributed by atoms with Crippen molar-refractivity contribution in [2.45, 2.75) is 12.3 Å². The number of nitrogens with one attached hydrogen (secondary N) is 1. The fraction of sp³-hybridized carbons (Fsp3) is 0.444. The van der Waals surface area contributed by atoms with Gasteiger partial charge in [0.05, 0.1) is 12.0 Å². The molecule has 0 radical (unpaired) electrons. The molecule has 0 aliphatic heterocycles. The lowest BCUT2D eigenvalue weighted by molar-refractivity contribution is 0.0958. The third-order valence-corrected chi connectivity index (χ3v) is 2.64. The third kappa shape index (κ3) is 3.20. The average Bonchev–Trinajstić information content (AvgIpc) is 2.62. The van der Waals surface area contributed by atoms with Crippen molar-refractivity contribution in [3.8, 4) is 5.75 Å². The van der Waals surface area contributed by atoms with Gasteiger partial charge in [0.1, 0.15) is 5.75 Å². The molecule has 0 bridgehead atoms. The molecule has 14 heavy (non-hydrogen) atoms. The van der Waals surface area contributed by atoms with Crippen LogP contribution in [0.1, 0.15) is 16.6 Å². The van der Waals surface area contributed by atoms with Gasteiger partial charge in [-0.25, -0.2) is 0 Å². The van der Waals surface area contributed by atoms with E-state index in [1.54, 1.807) is 18.6 Å². The average molecular weight is 234 g/mol. The molecule has 1 heterocycles. The predicted molar refractivity (Wildman–Crippen MR) is 58.5 cm³/mol. The van der Waals surface area contributed by atoms with Crippen LogP contribution < -0.4 is 10.1 Å². The van der Waals surface area contributed by atoms with Crippen molar-refractivity contribution in [1.29, 1.82) is 0 Å². The molecule has 0 aliphatic carbocycles. The number of methoxy groups -OCH3 is 1. The van der Waals surface area contributed by atoms with Crippen LogP contribution in [-0.2, 0) is 0 Å². The summed E-state index contributed by atoms with van der Waals surface area (Å²) in [6.45, 7) is 2.30. The summed E-state index contributed by atoms with van der Waals surface area (Å²) in [6.07, 6.45) is 0. The zero-order valence-electron chi connectivity index (χ0n) is 8.04. The maximum Gasteiger partial charge on any atom is 0.261 e. The van der Waals surface area contributed by atoms with E-state index < -0.39 is 0 Å². The van der Waals surface area contributed by atoms with Crippen LogP contribution in [-0.4, -0.2) is 24.9 Å². The van der Waals surface area contributed by atoms with Crippen molar-refractivity contribution >= 4 is 28.8 Å². The van der Waals surface area contributed by atoms with Gasteiger partial charge in [0.15, 0.2) is 0 Å². The van der Waals surface area contributed by atoms with Gasteiger partial charge in [-0.05, 0) is 6.92 Å². The monoisotopic (exact) mass is 233 g/mol. The standard InChI is InChI=1S/C9H12ClNO2S/c1-6(10)4-11-9(12)8-3-7(13-2)5-14-8/h3,5-6H,4H2,1-2H3,(H,11,12). The Kier molecular flexibility index (Phi) is 4.22.